The highest BCUT2D eigenvalue weighted by atomic mass is 32.2. The highest BCUT2D eigenvalue weighted by Crippen LogP contribution is 2.22. The maximum atomic E-state index is 10.6. The van der Waals surface area contributed by atoms with Gasteiger partial charge in [-0.2, -0.15) is 17.0 Å². The lowest BCUT2D eigenvalue weighted by Gasteiger charge is -2.15. The van der Waals surface area contributed by atoms with Gasteiger partial charge in [0, 0.05) is 18.2 Å². The molecule has 0 spiro atoms. The normalized spacial score (nSPS) is 11.6. The molecule has 0 radical (unpaired) electrons. The minimum absolute atomic E-state index is 0.0590. The number of anilines is 1. The van der Waals surface area contributed by atoms with E-state index in [2.05, 4.69) is 12.2 Å². The lowest BCUT2D eigenvalue weighted by Crippen LogP contribution is -2.16. The van der Waals surface area contributed by atoms with E-state index in [1.165, 1.54) is 12.1 Å². The van der Waals surface area contributed by atoms with Crippen LogP contribution in [0.2, 0.25) is 0 Å². The van der Waals surface area contributed by atoms with Gasteiger partial charge in [0.2, 0.25) is 0 Å². The largest absolute Gasteiger partial charge is 0.381 e. The zero-order valence-corrected chi connectivity index (χ0v) is 11.9. The van der Waals surface area contributed by atoms with Gasteiger partial charge in [-0.3, -0.25) is 10.1 Å². The summed E-state index contributed by atoms with van der Waals surface area (Å²) in [5, 5.41) is 22.9. The fraction of sp³-hybridized carbons (Fsp3) is 0.462. The van der Waals surface area contributed by atoms with E-state index in [-0.39, 0.29) is 11.7 Å². The summed E-state index contributed by atoms with van der Waals surface area (Å²) in [4.78, 5) is 10.2. The van der Waals surface area contributed by atoms with Gasteiger partial charge in [-0.15, -0.1) is 0 Å². The molecule has 0 bridgehead atoms. The summed E-state index contributed by atoms with van der Waals surface area (Å²) < 4.78 is 0. The van der Waals surface area contributed by atoms with Gasteiger partial charge >= 0.3 is 0 Å². The van der Waals surface area contributed by atoms with E-state index >= 15 is 0 Å². The molecule has 1 rings (SSSR count). The zero-order chi connectivity index (χ0) is 14.3. The first kappa shape index (κ1) is 15.3. The van der Waals surface area contributed by atoms with E-state index in [1.807, 2.05) is 24.8 Å². The molecule has 19 heavy (non-hydrogen) atoms. The van der Waals surface area contributed by atoms with Crippen molar-refractivity contribution in [3.05, 3.63) is 33.9 Å². The van der Waals surface area contributed by atoms with Crippen LogP contribution < -0.4 is 5.32 Å². The Bertz CT molecular complexity index is 485. The van der Waals surface area contributed by atoms with Crippen molar-refractivity contribution < 1.29 is 4.92 Å². The standard InChI is InChI=1S/C13H17N3O2S/c1-3-19-7-6-10(2)15-13-5-4-12(16(17)18)8-11(13)9-14/h4-5,8,10,15H,3,6-7H2,1-2H3. The first-order valence-electron chi connectivity index (χ1n) is 6.11. The Kier molecular flexibility index (Phi) is 6.16. The molecule has 1 N–H and O–H groups in total. The summed E-state index contributed by atoms with van der Waals surface area (Å²) in [5.74, 6) is 2.15. The monoisotopic (exact) mass is 279 g/mol. The van der Waals surface area contributed by atoms with Crippen molar-refractivity contribution >= 4 is 23.1 Å². The Balaban J connectivity index is 2.73. The Morgan fingerprint density at radius 2 is 2.32 bits per heavy atom. The third-order valence-electron chi connectivity index (χ3n) is 2.64. The van der Waals surface area contributed by atoms with Crippen LogP contribution in [0.25, 0.3) is 0 Å². The lowest BCUT2D eigenvalue weighted by atomic mass is 10.1. The second-order valence-electron chi connectivity index (χ2n) is 4.13. The van der Waals surface area contributed by atoms with Gasteiger partial charge in [0.05, 0.1) is 16.2 Å². The molecule has 6 heteroatoms. The van der Waals surface area contributed by atoms with E-state index in [4.69, 9.17) is 5.26 Å². The average molecular weight is 279 g/mol. The van der Waals surface area contributed by atoms with E-state index in [1.54, 1.807) is 6.07 Å². The SMILES string of the molecule is CCSCCC(C)Nc1ccc([N+](=O)[O-])cc1C#N. The number of nitro groups is 1. The molecule has 1 aromatic carbocycles. The molecule has 0 saturated carbocycles. The smallest absolute Gasteiger partial charge is 0.270 e. The van der Waals surface area contributed by atoms with Crippen LogP contribution >= 0.6 is 11.8 Å². The van der Waals surface area contributed by atoms with Crippen LogP contribution in [-0.2, 0) is 0 Å². The van der Waals surface area contributed by atoms with Crippen molar-refractivity contribution in [1.82, 2.24) is 0 Å². The van der Waals surface area contributed by atoms with Crippen LogP contribution in [-0.4, -0.2) is 22.5 Å². The third-order valence-corrected chi connectivity index (χ3v) is 3.57. The molecule has 0 saturated heterocycles. The van der Waals surface area contributed by atoms with Crippen molar-refractivity contribution in [2.75, 3.05) is 16.8 Å². The molecule has 1 unspecified atom stereocenters. The molecule has 0 aliphatic heterocycles. The minimum atomic E-state index is -0.494. The second-order valence-corrected chi connectivity index (χ2v) is 5.52. The van der Waals surface area contributed by atoms with E-state index in [0.717, 1.165) is 17.9 Å². The van der Waals surface area contributed by atoms with Crippen molar-refractivity contribution in [3.63, 3.8) is 0 Å². The molecule has 5 nitrogen and oxygen atoms in total. The van der Waals surface area contributed by atoms with E-state index in [9.17, 15) is 10.1 Å². The Labute approximate surface area is 117 Å². The summed E-state index contributed by atoms with van der Waals surface area (Å²) in [7, 11) is 0. The fourth-order valence-electron chi connectivity index (χ4n) is 1.61. The maximum Gasteiger partial charge on any atom is 0.270 e. The van der Waals surface area contributed by atoms with Crippen molar-refractivity contribution in [3.8, 4) is 6.07 Å². The molecule has 1 aromatic rings. The van der Waals surface area contributed by atoms with Crippen LogP contribution in [0.5, 0.6) is 0 Å². The maximum absolute atomic E-state index is 10.6. The predicted octanol–water partition coefficient (Wildman–Crippen LogP) is 3.41. The first-order valence-corrected chi connectivity index (χ1v) is 7.26. The quantitative estimate of drug-likeness (QED) is 0.470. The van der Waals surface area contributed by atoms with E-state index < -0.39 is 4.92 Å². The van der Waals surface area contributed by atoms with Gasteiger partial charge in [-0.05, 0) is 30.9 Å². The molecule has 0 amide bonds. The molecular formula is C13H17N3O2S. The van der Waals surface area contributed by atoms with Crippen molar-refractivity contribution in [1.29, 1.82) is 5.26 Å². The fourth-order valence-corrected chi connectivity index (χ4v) is 2.42. The number of nitrogens with one attached hydrogen (secondary N) is 1. The summed E-state index contributed by atoms with van der Waals surface area (Å²) in [6, 6.07) is 6.53. The number of thioether (sulfide) groups is 1. The summed E-state index contributed by atoms with van der Waals surface area (Å²) in [5.41, 5.74) is 0.905. The molecule has 0 aliphatic carbocycles. The number of nitrogens with zero attached hydrogens (tertiary/aromatic N) is 2. The van der Waals surface area contributed by atoms with Crippen molar-refractivity contribution in [2.24, 2.45) is 0 Å². The topological polar surface area (TPSA) is 79.0 Å². The van der Waals surface area contributed by atoms with Crippen molar-refractivity contribution in [2.45, 2.75) is 26.3 Å². The molecule has 0 aromatic heterocycles. The van der Waals surface area contributed by atoms with Gasteiger partial charge in [0.25, 0.3) is 5.69 Å². The highest BCUT2D eigenvalue weighted by molar-refractivity contribution is 7.99. The van der Waals surface area contributed by atoms with Crippen LogP contribution in [0.15, 0.2) is 18.2 Å². The molecule has 0 fully saturated rings. The Morgan fingerprint density at radius 1 is 1.58 bits per heavy atom. The second kappa shape index (κ2) is 7.64. The van der Waals surface area contributed by atoms with Gasteiger partial charge in [0.1, 0.15) is 6.07 Å². The Hall–Kier alpha value is -1.74. The molecular weight excluding hydrogens is 262 g/mol. The van der Waals surface area contributed by atoms with Gasteiger partial charge < -0.3 is 5.32 Å². The number of non-ortho nitro benzene ring substituents is 1. The number of hydrogen-bond donors (Lipinski definition) is 1. The highest BCUT2D eigenvalue weighted by Gasteiger charge is 2.12. The van der Waals surface area contributed by atoms with Gasteiger partial charge in [-0.1, -0.05) is 6.92 Å². The predicted molar refractivity (Wildman–Crippen MR) is 78.5 cm³/mol. The summed E-state index contributed by atoms with van der Waals surface area (Å²) >= 11 is 1.87. The molecule has 1 atom stereocenters. The number of nitriles is 1. The van der Waals surface area contributed by atoms with E-state index in [0.29, 0.717) is 11.3 Å². The van der Waals surface area contributed by atoms with Gasteiger partial charge in [0.15, 0.2) is 0 Å². The van der Waals surface area contributed by atoms with Crippen LogP contribution in [0.3, 0.4) is 0 Å². The molecule has 0 aliphatic rings. The first-order chi connectivity index (χ1) is 9.08. The van der Waals surface area contributed by atoms with Crippen LogP contribution in [0, 0.1) is 21.4 Å². The molecule has 0 heterocycles. The zero-order valence-electron chi connectivity index (χ0n) is 11.0. The lowest BCUT2D eigenvalue weighted by molar-refractivity contribution is -0.384. The number of benzene rings is 1. The number of nitro benzene ring substituents is 1. The minimum Gasteiger partial charge on any atom is -0.381 e. The van der Waals surface area contributed by atoms with Gasteiger partial charge in [-0.25, -0.2) is 0 Å². The van der Waals surface area contributed by atoms with Crippen LogP contribution in [0.4, 0.5) is 11.4 Å². The summed E-state index contributed by atoms with van der Waals surface area (Å²) in [6.45, 7) is 4.16. The third kappa shape index (κ3) is 4.79. The number of hydrogen-bond acceptors (Lipinski definition) is 5. The Morgan fingerprint density at radius 3 is 2.89 bits per heavy atom. The van der Waals surface area contributed by atoms with Crippen LogP contribution in [0.1, 0.15) is 25.8 Å². The number of rotatable bonds is 7. The molecule has 102 valence electrons. The average Bonchev–Trinajstić information content (AvgIpc) is 2.39. The summed E-state index contributed by atoms with van der Waals surface area (Å²) in [6.07, 6.45) is 0.986.